The van der Waals surface area contributed by atoms with Gasteiger partial charge in [-0.2, -0.15) is 0 Å². The molecule has 1 aromatic carbocycles. The number of benzene rings is 1. The van der Waals surface area contributed by atoms with E-state index >= 15 is 0 Å². The Kier molecular flexibility index (Phi) is 4.00. The van der Waals surface area contributed by atoms with E-state index in [1.165, 1.54) is 0 Å². The molecule has 0 bridgehead atoms. The van der Waals surface area contributed by atoms with Crippen molar-refractivity contribution in [3.05, 3.63) is 33.3 Å². The van der Waals surface area contributed by atoms with Crippen LogP contribution in [0.2, 0.25) is 5.02 Å². The Hall–Kier alpha value is -0.670. The monoisotopic (exact) mass is 314 g/mol. The van der Waals surface area contributed by atoms with Crippen molar-refractivity contribution in [3.8, 4) is 0 Å². The Morgan fingerprint density at radius 3 is 2.82 bits per heavy atom. The van der Waals surface area contributed by atoms with E-state index in [1.54, 1.807) is 18.2 Å². The molecule has 0 spiro atoms. The van der Waals surface area contributed by atoms with Crippen molar-refractivity contribution in [1.82, 2.24) is 0 Å². The fourth-order valence-corrected chi connectivity index (χ4v) is 2.56. The van der Waals surface area contributed by atoms with Crippen LogP contribution in [0.25, 0.3) is 0 Å². The van der Waals surface area contributed by atoms with E-state index in [4.69, 9.17) is 11.6 Å². The van der Waals surface area contributed by atoms with Gasteiger partial charge in [0.15, 0.2) is 5.78 Å². The first-order valence-electron chi connectivity index (χ1n) is 5.59. The highest BCUT2D eigenvalue weighted by atomic mass is 79.9. The smallest absolute Gasteiger partial charge is 0.166 e. The first kappa shape index (κ1) is 12.8. The van der Waals surface area contributed by atoms with Crippen LogP contribution in [0.5, 0.6) is 0 Å². The van der Waals surface area contributed by atoms with E-state index in [2.05, 4.69) is 15.9 Å². The van der Waals surface area contributed by atoms with Crippen LogP contribution in [0.4, 0.5) is 0 Å². The second-order valence-electron chi connectivity index (χ2n) is 4.33. The fourth-order valence-electron chi connectivity index (χ4n) is 2.13. The first-order chi connectivity index (χ1) is 8.08. The van der Waals surface area contributed by atoms with Gasteiger partial charge >= 0.3 is 0 Å². The highest BCUT2D eigenvalue weighted by Crippen LogP contribution is 2.28. The lowest BCUT2D eigenvalue weighted by molar-refractivity contribution is -0.121. The molecule has 1 unspecified atom stereocenters. The number of carbonyl (C=O) groups is 2. The summed E-state index contributed by atoms with van der Waals surface area (Å²) in [5.41, 5.74) is 0.595. The second-order valence-corrected chi connectivity index (χ2v) is 5.59. The molecule has 1 atom stereocenters. The van der Waals surface area contributed by atoms with Crippen molar-refractivity contribution >= 4 is 39.1 Å². The molecule has 1 aromatic rings. The van der Waals surface area contributed by atoms with E-state index in [9.17, 15) is 9.59 Å². The van der Waals surface area contributed by atoms with Crippen molar-refractivity contribution in [2.75, 3.05) is 0 Å². The van der Waals surface area contributed by atoms with E-state index < -0.39 is 0 Å². The van der Waals surface area contributed by atoms with Crippen LogP contribution >= 0.6 is 27.5 Å². The van der Waals surface area contributed by atoms with Gasteiger partial charge in [-0.25, -0.2) is 0 Å². The van der Waals surface area contributed by atoms with Gasteiger partial charge in [0.1, 0.15) is 5.78 Å². The number of rotatable bonds is 2. The molecular weight excluding hydrogens is 303 g/mol. The quantitative estimate of drug-likeness (QED) is 0.772. The van der Waals surface area contributed by atoms with Gasteiger partial charge in [-0.1, -0.05) is 17.7 Å². The minimum Gasteiger partial charge on any atom is -0.300 e. The molecule has 4 heteroatoms. The lowest BCUT2D eigenvalue weighted by Crippen LogP contribution is -2.22. The van der Waals surface area contributed by atoms with Crippen molar-refractivity contribution in [3.63, 3.8) is 0 Å². The maximum atomic E-state index is 12.2. The number of hydrogen-bond acceptors (Lipinski definition) is 2. The summed E-state index contributed by atoms with van der Waals surface area (Å²) < 4.78 is 0.774. The highest BCUT2D eigenvalue weighted by molar-refractivity contribution is 9.10. The van der Waals surface area contributed by atoms with Crippen molar-refractivity contribution in [1.29, 1.82) is 0 Å². The van der Waals surface area contributed by atoms with Crippen molar-refractivity contribution < 1.29 is 9.59 Å². The molecule has 0 aliphatic heterocycles. The van der Waals surface area contributed by atoms with E-state index in [1.807, 2.05) is 0 Å². The number of Topliss-reactive ketones (excluding diaryl/α,β-unsaturated/α-hetero) is 2. The van der Waals surface area contributed by atoms with Gasteiger partial charge in [0.25, 0.3) is 0 Å². The topological polar surface area (TPSA) is 34.1 Å². The largest absolute Gasteiger partial charge is 0.300 e. The minimum absolute atomic E-state index is 0.0347. The van der Waals surface area contributed by atoms with Gasteiger partial charge in [-0.05, 0) is 40.9 Å². The third-order valence-corrected chi connectivity index (χ3v) is 4.29. The SMILES string of the molecule is O=C1CCCC(C(=O)c2ccc(Br)c(Cl)c2)C1. The molecule has 2 nitrogen and oxygen atoms in total. The molecule has 0 heterocycles. The summed E-state index contributed by atoms with van der Waals surface area (Å²) in [5.74, 6) is 0.0683. The molecule has 90 valence electrons. The number of halogens is 2. The standard InChI is InChI=1S/C13H12BrClO2/c14-11-5-4-9(7-12(11)15)13(17)8-2-1-3-10(16)6-8/h4-5,7-8H,1-3,6H2. The van der Waals surface area contributed by atoms with Crippen LogP contribution in [0.3, 0.4) is 0 Å². The average Bonchev–Trinajstić information content (AvgIpc) is 2.32. The van der Waals surface area contributed by atoms with Crippen molar-refractivity contribution in [2.45, 2.75) is 25.7 Å². The number of carbonyl (C=O) groups excluding carboxylic acids is 2. The van der Waals surface area contributed by atoms with Gasteiger partial charge in [0, 0.05) is 28.8 Å². The summed E-state index contributed by atoms with van der Waals surface area (Å²) in [6, 6.07) is 5.17. The molecule has 1 aliphatic rings. The summed E-state index contributed by atoms with van der Waals surface area (Å²) in [6.07, 6.45) is 2.62. The zero-order chi connectivity index (χ0) is 12.4. The summed E-state index contributed by atoms with van der Waals surface area (Å²) in [5, 5.41) is 0.526. The van der Waals surface area contributed by atoms with Gasteiger partial charge in [0.05, 0.1) is 5.02 Å². The Balaban J connectivity index is 2.18. The van der Waals surface area contributed by atoms with Crippen LogP contribution in [0.15, 0.2) is 22.7 Å². The minimum atomic E-state index is -0.159. The molecule has 1 aliphatic carbocycles. The average molecular weight is 316 g/mol. The molecule has 0 saturated heterocycles. The van der Waals surface area contributed by atoms with Gasteiger partial charge in [0.2, 0.25) is 0 Å². The molecule has 17 heavy (non-hydrogen) atoms. The molecule has 0 amide bonds. The van der Waals surface area contributed by atoms with Gasteiger partial charge in [-0.3, -0.25) is 9.59 Å². The van der Waals surface area contributed by atoms with Gasteiger partial charge in [-0.15, -0.1) is 0 Å². The number of hydrogen-bond donors (Lipinski definition) is 0. The molecule has 1 saturated carbocycles. The molecule has 0 N–H and O–H groups in total. The van der Waals surface area contributed by atoms with E-state index in [-0.39, 0.29) is 17.5 Å². The molecule has 2 rings (SSSR count). The van der Waals surface area contributed by atoms with E-state index in [0.717, 1.165) is 17.3 Å². The van der Waals surface area contributed by atoms with Crippen LogP contribution in [0, 0.1) is 5.92 Å². The Morgan fingerprint density at radius 1 is 1.41 bits per heavy atom. The third-order valence-electron chi connectivity index (χ3n) is 3.06. The second kappa shape index (κ2) is 5.32. The first-order valence-corrected chi connectivity index (χ1v) is 6.76. The summed E-state index contributed by atoms with van der Waals surface area (Å²) in [4.78, 5) is 23.5. The lowest BCUT2D eigenvalue weighted by atomic mass is 9.83. The normalized spacial score (nSPS) is 20.4. The summed E-state index contributed by atoms with van der Waals surface area (Å²) >= 11 is 9.25. The molecule has 0 radical (unpaired) electrons. The molecular formula is C13H12BrClO2. The van der Waals surface area contributed by atoms with Crippen LogP contribution in [-0.4, -0.2) is 11.6 Å². The van der Waals surface area contributed by atoms with Crippen LogP contribution in [-0.2, 0) is 4.79 Å². The maximum absolute atomic E-state index is 12.2. The van der Waals surface area contributed by atoms with Crippen LogP contribution < -0.4 is 0 Å². The van der Waals surface area contributed by atoms with E-state index in [0.29, 0.717) is 23.4 Å². The third kappa shape index (κ3) is 2.96. The maximum Gasteiger partial charge on any atom is 0.166 e. The molecule has 0 aromatic heterocycles. The zero-order valence-electron chi connectivity index (χ0n) is 9.21. The Bertz CT molecular complexity index is 470. The Morgan fingerprint density at radius 2 is 2.18 bits per heavy atom. The molecule has 1 fully saturated rings. The number of ketones is 2. The van der Waals surface area contributed by atoms with Crippen LogP contribution in [0.1, 0.15) is 36.0 Å². The Labute approximate surface area is 113 Å². The summed E-state index contributed by atoms with van der Waals surface area (Å²) in [6.45, 7) is 0. The predicted octanol–water partition coefficient (Wildman–Crippen LogP) is 4.04. The zero-order valence-corrected chi connectivity index (χ0v) is 11.6. The highest BCUT2D eigenvalue weighted by Gasteiger charge is 2.26. The van der Waals surface area contributed by atoms with Gasteiger partial charge < -0.3 is 0 Å². The fraction of sp³-hybridized carbons (Fsp3) is 0.385. The lowest BCUT2D eigenvalue weighted by Gasteiger charge is -2.19. The predicted molar refractivity (Wildman–Crippen MR) is 70.4 cm³/mol. The summed E-state index contributed by atoms with van der Waals surface area (Å²) in [7, 11) is 0. The van der Waals surface area contributed by atoms with Crippen molar-refractivity contribution in [2.24, 2.45) is 5.92 Å².